The van der Waals surface area contributed by atoms with Gasteiger partial charge in [0, 0.05) is 22.1 Å². The van der Waals surface area contributed by atoms with Gasteiger partial charge in [-0.1, -0.05) is 30.4 Å². The Balaban J connectivity index is 1.82. The van der Waals surface area contributed by atoms with E-state index in [1.807, 2.05) is 46.8 Å². The van der Waals surface area contributed by atoms with Crippen LogP contribution in [0.15, 0.2) is 40.9 Å². The van der Waals surface area contributed by atoms with Gasteiger partial charge in [-0.05, 0) is 90.0 Å². The highest BCUT2D eigenvalue weighted by atomic mass is 16.5. The van der Waals surface area contributed by atoms with E-state index in [9.17, 15) is 10.2 Å². The summed E-state index contributed by atoms with van der Waals surface area (Å²) in [4.78, 5) is 0. The summed E-state index contributed by atoms with van der Waals surface area (Å²) in [5.41, 5.74) is 5.89. The van der Waals surface area contributed by atoms with Crippen molar-refractivity contribution < 1.29 is 19.4 Å². The zero-order valence-electron chi connectivity index (χ0n) is 21.2. The van der Waals surface area contributed by atoms with E-state index in [4.69, 9.17) is 9.15 Å². The molecule has 0 aliphatic carbocycles. The second-order valence-electron chi connectivity index (χ2n) is 9.69. The van der Waals surface area contributed by atoms with Crippen LogP contribution in [0, 0.1) is 20.8 Å². The lowest BCUT2D eigenvalue weighted by atomic mass is 9.79. The Kier molecular flexibility index (Phi) is 6.53. The zero-order valence-corrected chi connectivity index (χ0v) is 21.2. The van der Waals surface area contributed by atoms with Crippen LogP contribution in [0.5, 0.6) is 17.2 Å². The van der Waals surface area contributed by atoms with Crippen LogP contribution in [0.2, 0.25) is 0 Å². The third kappa shape index (κ3) is 3.79. The standard InChI is InChI=1S/C30H36O4/c1-7-9-11-13-21-18(3)15-23-20(5)29(34-27(23)25(21)31)30(6)17-33-28-24(30)16-19(4)22(26(28)32)14-12-10-8-2/h7-10,15-16,31-32H,11-14,17H2,1-6H3. The van der Waals surface area contributed by atoms with Crippen molar-refractivity contribution in [2.75, 3.05) is 6.61 Å². The van der Waals surface area contributed by atoms with Gasteiger partial charge in [0.1, 0.15) is 12.4 Å². The predicted molar refractivity (Wildman–Crippen MR) is 138 cm³/mol. The third-order valence-corrected chi connectivity index (χ3v) is 7.31. The van der Waals surface area contributed by atoms with Gasteiger partial charge in [0.15, 0.2) is 22.8 Å². The summed E-state index contributed by atoms with van der Waals surface area (Å²) in [5, 5.41) is 23.1. The highest BCUT2D eigenvalue weighted by Gasteiger charge is 2.44. The number of allylic oxidation sites excluding steroid dienone is 4. The number of fused-ring (bicyclic) bond motifs is 2. The molecule has 180 valence electrons. The molecule has 0 spiro atoms. The lowest BCUT2D eigenvalue weighted by Gasteiger charge is -2.22. The monoisotopic (exact) mass is 460 g/mol. The van der Waals surface area contributed by atoms with E-state index in [1.165, 1.54) is 0 Å². The van der Waals surface area contributed by atoms with E-state index in [1.54, 1.807) is 0 Å². The van der Waals surface area contributed by atoms with Crippen molar-refractivity contribution in [3.05, 3.63) is 75.6 Å². The molecule has 3 aromatic rings. The molecule has 1 aliphatic heterocycles. The van der Waals surface area contributed by atoms with Crippen LogP contribution in [-0.4, -0.2) is 16.8 Å². The van der Waals surface area contributed by atoms with Gasteiger partial charge in [-0.3, -0.25) is 0 Å². The first kappa shape index (κ1) is 24.0. The maximum atomic E-state index is 11.1. The molecule has 0 bridgehead atoms. The van der Waals surface area contributed by atoms with Gasteiger partial charge >= 0.3 is 0 Å². The van der Waals surface area contributed by atoms with Crippen LogP contribution < -0.4 is 4.74 Å². The van der Waals surface area contributed by atoms with Crippen molar-refractivity contribution in [3.8, 4) is 17.2 Å². The van der Waals surface area contributed by atoms with Gasteiger partial charge in [-0.15, -0.1) is 0 Å². The van der Waals surface area contributed by atoms with Crippen molar-refractivity contribution in [2.24, 2.45) is 0 Å². The Morgan fingerprint density at radius 1 is 0.912 bits per heavy atom. The van der Waals surface area contributed by atoms with Gasteiger partial charge in [0.25, 0.3) is 0 Å². The lowest BCUT2D eigenvalue weighted by Crippen LogP contribution is -2.25. The number of hydrogen-bond donors (Lipinski definition) is 2. The van der Waals surface area contributed by atoms with E-state index in [0.29, 0.717) is 17.9 Å². The SMILES string of the molecule is CC=CCCc1c(C)cc2c(c1O)OCC2(C)c1oc2c(O)c(CCC=CC)c(C)cc2c1C. The number of aromatic hydroxyl groups is 2. The van der Waals surface area contributed by atoms with Crippen molar-refractivity contribution in [1.29, 1.82) is 0 Å². The predicted octanol–water partition coefficient (Wildman–Crippen LogP) is 7.49. The molecule has 4 rings (SSSR count). The molecule has 0 amide bonds. The molecule has 4 nitrogen and oxygen atoms in total. The lowest BCUT2D eigenvalue weighted by molar-refractivity contribution is 0.272. The summed E-state index contributed by atoms with van der Waals surface area (Å²) < 4.78 is 12.5. The summed E-state index contributed by atoms with van der Waals surface area (Å²) in [6.07, 6.45) is 11.5. The smallest absolute Gasteiger partial charge is 0.176 e. The van der Waals surface area contributed by atoms with E-state index in [-0.39, 0.29) is 11.5 Å². The van der Waals surface area contributed by atoms with Gasteiger partial charge in [0.2, 0.25) is 0 Å². The Hall–Kier alpha value is -3.14. The molecule has 1 atom stereocenters. The van der Waals surface area contributed by atoms with Crippen molar-refractivity contribution in [1.82, 2.24) is 0 Å². The van der Waals surface area contributed by atoms with Crippen LogP contribution in [0.3, 0.4) is 0 Å². The van der Waals surface area contributed by atoms with Crippen LogP contribution in [0.25, 0.3) is 11.0 Å². The van der Waals surface area contributed by atoms with E-state index >= 15 is 0 Å². The van der Waals surface area contributed by atoms with Crippen molar-refractivity contribution in [3.63, 3.8) is 0 Å². The highest BCUT2D eigenvalue weighted by molar-refractivity contribution is 5.89. The number of hydrogen-bond acceptors (Lipinski definition) is 4. The first-order valence-corrected chi connectivity index (χ1v) is 12.2. The molecule has 0 fully saturated rings. The molecule has 2 heterocycles. The molecule has 1 unspecified atom stereocenters. The van der Waals surface area contributed by atoms with Crippen molar-refractivity contribution in [2.45, 2.75) is 72.6 Å². The summed E-state index contributed by atoms with van der Waals surface area (Å²) in [6.45, 7) is 12.6. The average Bonchev–Trinajstić information content (AvgIpc) is 3.31. The molecule has 2 N–H and O–H groups in total. The number of aryl methyl sites for hydroxylation is 3. The van der Waals surface area contributed by atoms with Gasteiger partial charge in [0.05, 0.1) is 5.41 Å². The molecule has 34 heavy (non-hydrogen) atoms. The maximum absolute atomic E-state index is 11.1. The second-order valence-corrected chi connectivity index (χ2v) is 9.69. The summed E-state index contributed by atoms with van der Waals surface area (Å²) in [7, 11) is 0. The molecular weight excluding hydrogens is 424 g/mol. The number of phenols is 2. The van der Waals surface area contributed by atoms with Crippen LogP contribution in [0.1, 0.15) is 72.8 Å². The minimum Gasteiger partial charge on any atom is -0.504 e. The fourth-order valence-corrected chi connectivity index (χ4v) is 5.31. The van der Waals surface area contributed by atoms with Crippen LogP contribution in [-0.2, 0) is 18.3 Å². The fraction of sp³-hybridized carbons (Fsp3) is 0.400. The topological polar surface area (TPSA) is 62.8 Å². The van der Waals surface area contributed by atoms with Gasteiger partial charge in [-0.25, -0.2) is 0 Å². The molecule has 1 aliphatic rings. The van der Waals surface area contributed by atoms with Gasteiger partial charge in [-0.2, -0.15) is 0 Å². The summed E-state index contributed by atoms with van der Waals surface area (Å²) in [6, 6.07) is 4.25. The number of ether oxygens (including phenoxy) is 1. The number of benzene rings is 2. The number of rotatable bonds is 7. The highest BCUT2D eigenvalue weighted by Crippen LogP contribution is 2.52. The van der Waals surface area contributed by atoms with Crippen LogP contribution in [0.4, 0.5) is 0 Å². The Morgan fingerprint density at radius 3 is 2.12 bits per heavy atom. The molecule has 1 aromatic heterocycles. The quantitative estimate of drug-likeness (QED) is 0.359. The molecular formula is C30H36O4. The van der Waals surface area contributed by atoms with E-state index in [2.05, 4.69) is 31.2 Å². The molecule has 4 heteroatoms. The normalized spacial score (nSPS) is 17.8. The Labute approximate surface area is 202 Å². The largest absolute Gasteiger partial charge is 0.504 e. The minimum atomic E-state index is -0.562. The molecule has 0 radical (unpaired) electrons. The van der Waals surface area contributed by atoms with Crippen LogP contribution >= 0.6 is 0 Å². The molecule has 0 saturated carbocycles. The Bertz CT molecular complexity index is 1290. The first-order valence-electron chi connectivity index (χ1n) is 12.2. The molecule has 0 saturated heterocycles. The van der Waals surface area contributed by atoms with E-state index in [0.717, 1.165) is 70.2 Å². The molecule has 2 aromatic carbocycles. The maximum Gasteiger partial charge on any atom is 0.176 e. The Morgan fingerprint density at radius 2 is 1.50 bits per heavy atom. The first-order chi connectivity index (χ1) is 16.2. The van der Waals surface area contributed by atoms with Gasteiger partial charge < -0.3 is 19.4 Å². The summed E-state index contributed by atoms with van der Waals surface area (Å²) >= 11 is 0. The second kappa shape index (κ2) is 9.25. The fourth-order valence-electron chi connectivity index (χ4n) is 5.31. The van der Waals surface area contributed by atoms with Crippen molar-refractivity contribution >= 4 is 11.0 Å². The number of phenolic OH excluding ortho intramolecular Hbond substituents is 2. The minimum absolute atomic E-state index is 0.231. The number of furan rings is 1. The average molecular weight is 461 g/mol. The third-order valence-electron chi connectivity index (χ3n) is 7.31. The summed E-state index contributed by atoms with van der Waals surface area (Å²) in [5.74, 6) is 1.80. The van der Waals surface area contributed by atoms with E-state index < -0.39 is 5.41 Å². The zero-order chi connectivity index (χ0) is 24.6.